The first-order valence-electron chi connectivity index (χ1n) is 2.83. The van der Waals surface area contributed by atoms with E-state index in [4.69, 9.17) is 0 Å². The molecule has 0 aliphatic heterocycles. The number of aliphatic imine (C=N–C) groups is 2. The first-order chi connectivity index (χ1) is 4.88. The Morgan fingerprint density at radius 2 is 2.40 bits per heavy atom. The zero-order valence-corrected chi connectivity index (χ0v) is 6.56. The van der Waals surface area contributed by atoms with Gasteiger partial charge in [0.2, 0.25) is 0 Å². The molecule has 1 aromatic heterocycles. The summed E-state index contributed by atoms with van der Waals surface area (Å²) in [5, 5.41) is 3.95. The quantitative estimate of drug-likeness (QED) is 0.580. The maximum atomic E-state index is 3.88. The van der Waals surface area contributed by atoms with Crippen LogP contribution in [-0.4, -0.2) is 20.0 Å². The molecule has 0 spiro atoms. The van der Waals surface area contributed by atoms with E-state index in [1.54, 1.807) is 24.6 Å². The number of nitrogens with zero attached hydrogens (tertiary/aromatic N) is 2. The van der Waals surface area contributed by atoms with E-state index in [9.17, 15) is 0 Å². The third-order valence-electron chi connectivity index (χ3n) is 1.11. The van der Waals surface area contributed by atoms with Crippen LogP contribution < -0.4 is 0 Å². The van der Waals surface area contributed by atoms with E-state index in [-0.39, 0.29) is 0 Å². The maximum Gasteiger partial charge on any atom is 0.0816 e. The molecule has 0 bridgehead atoms. The lowest BCUT2D eigenvalue weighted by Crippen LogP contribution is -1.73. The van der Waals surface area contributed by atoms with Crippen molar-refractivity contribution < 1.29 is 0 Å². The predicted molar refractivity (Wildman–Crippen MR) is 47.0 cm³/mol. The van der Waals surface area contributed by atoms with E-state index in [2.05, 4.69) is 16.7 Å². The van der Waals surface area contributed by atoms with Gasteiger partial charge in [-0.15, -0.1) is 11.3 Å². The summed E-state index contributed by atoms with van der Waals surface area (Å²) in [6.07, 6.45) is 1.78. The molecule has 0 aliphatic carbocycles. The first kappa shape index (κ1) is 7.15. The average Bonchev–Trinajstić information content (AvgIpc) is 2.36. The molecule has 3 heteroatoms. The molecule has 0 aromatic carbocycles. The molecule has 0 fully saturated rings. The highest BCUT2D eigenvalue weighted by molar-refractivity contribution is 7.08. The fourth-order valence-electron chi connectivity index (χ4n) is 0.664. The fraction of sp³-hybridized carbons (Fsp3) is 0.143. The van der Waals surface area contributed by atoms with Crippen molar-refractivity contribution in [2.24, 2.45) is 9.98 Å². The minimum absolute atomic E-state index is 0.913. The van der Waals surface area contributed by atoms with Crippen molar-refractivity contribution in [3.63, 3.8) is 0 Å². The molecule has 0 saturated heterocycles. The van der Waals surface area contributed by atoms with Gasteiger partial charge in [0.25, 0.3) is 0 Å². The number of hydrogen-bond acceptors (Lipinski definition) is 3. The Hall–Kier alpha value is -0.960. The van der Waals surface area contributed by atoms with E-state index in [0.29, 0.717) is 0 Å². The highest BCUT2D eigenvalue weighted by Gasteiger charge is 1.95. The Labute approximate surface area is 64.0 Å². The summed E-state index contributed by atoms with van der Waals surface area (Å²) in [6.45, 7) is 3.44. The van der Waals surface area contributed by atoms with Crippen molar-refractivity contribution in [3.8, 4) is 0 Å². The van der Waals surface area contributed by atoms with Gasteiger partial charge in [-0.2, -0.15) is 0 Å². The van der Waals surface area contributed by atoms with Crippen LogP contribution in [0.1, 0.15) is 5.56 Å². The first-order valence-corrected chi connectivity index (χ1v) is 3.78. The second-order valence-corrected chi connectivity index (χ2v) is 2.50. The highest BCUT2D eigenvalue weighted by Crippen LogP contribution is 2.21. The van der Waals surface area contributed by atoms with E-state index in [1.165, 1.54) is 0 Å². The number of hydrogen-bond donors (Lipinski definition) is 0. The molecular formula is C7H8N2S. The van der Waals surface area contributed by atoms with Crippen LogP contribution in [0.3, 0.4) is 0 Å². The predicted octanol–water partition coefficient (Wildman–Crippen LogP) is 2.13. The van der Waals surface area contributed by atoms with Gasteiger partial charge in [0.05, 0.1) is 5.69 Å². The average molecular weight is 152 g/mol. The van der Waals surface area contributed by atoms with Gasteiger partial charge in [0, 0.05) is 29.6 Å². The second-order valence-electron chi connectivity index (χ2n) is 1.76. The second kappa shape index (κ2) is 3.27. The molecule has 0 amide bonds. The van der Waals surface area contributed by atoms with Gasteiger partial charge >= 0.3 is 0 Å². The van der Waals surface area contributed by atoms with Crippen LogP contribution in [0.15, 0.2) is 20.7 Å². The Bertz CT molecular complexity index is 250. The molecule has 0 unspecified atom stereocenters. The van der Waals surface area contributed by atoms with Gasteiger partial charge < -0.3 is 0 Å². The van der Waals surface area contributed by atoms with Crippen molar-refractivity contribution in [1.29, 1.82) is 0 Å². The van der Waals surface area contributed by atoms with Crippen molar-refractivity contribution in [2.75, 3.05) is 7.05 Å². The molecule has 1 heterocycles. The number of rotatable bonds is 2. The SMILES string of the molecule is C=Nc1cscc1/C=N\C. The Balaban J connectivity index is 3.00. The monoisotopic (exact) mass is 152 g/mol. The van der Waals surface area contributed by atoms with E-state index >= 15 is 0 Å². The van der Waals surface area contributed by atoms with E-state index in [1.807, 2.05) is 10.8 Å². The van der Waals surface area contributed by atoms with Gasteiger partial charge in [-0.3, -0.25) is 9.98 Å². The smallest absolute Gasteiger partial charge is 0.0816 e. The molecule has 0 radical (unpaired) electrons. The molecule has 0 atom stereocenters. The zero-order valence-electron chi connectivity index (χ0n) is 5.74. The normalized spacial score (nSPS) is 10.5. The van der Waals surface area contributed by atoms with Crippen LogP contribution in [0, 0.1) is 0 Å². The molecule has 1 rings (SSSR count). The lowest BCUT2D eigenvalue weighted by Gasteiger charge is -1.85. The molecule has 1 aromatic rings. The summed E-state index contributed by atoms with van der Waals surface area (Å²) < 4.78 is 0. The lowest BCUT2D eigenvalue weighted by atomic mass is 10.3. The topological polar surface area (TPSA) is 24.7 Å². The molecule has 2 nitrogen and oxygen atoms in total. The Morgan fingerprint density at radius 1 is 1.60 bits per heavy atom. The van der Waals surface area contributed by atoms with Crippen LogP contribution in [0.5, 0.6) is 0 Å². The van der Waals surface area contributed by atoms with Gasteiger partial charge in [-0.25, -0.2) is 0 Å². The summed E-state index contributed by atoms with van der Waals surface area (Å²) in [6, 6.07) is 0. The summed E-state index contributed by atoms with van der Waals surface area (Å²) in [5.74, 6) is 0. The van der Waals surface area contributed by atoms with Crippen molar-refractivity contribution in [1.82, 2.24) is 0 Å². The summed E-state index contributed by atoms with van der Waals surface area (Å²) in [7, 11) is 1.74. The third-order valence-corrected chi connectivity index (χ3v) is 1.86. The third kappa shape index (κ3) is 1.30. The number of thiophene rings is 1. The van der Waals surface area contributed by atoms with Crippen LogP contribution in [0.4, 0.5) is 5.69 Å². The lowest BCUT2D eigenvalue weighted by molar-refractivity contribution is 1.46. The summed E-state index contributed by atoms with van der Waals surface area (Å²) >= 11 is 1.61. The molecule has 0 saturated carbocycles. The van der Waals surface area contributed by atoms with E-state index in [0.717, 1.165) is 11.3 Å². The molecule has 0 aliphatic rings. The minimum atomic E-state index is 0.913. The van der Waals surface area contributed by atoms with E-state index < -0.39 is 0 Å². The zero-order chi connectivity index (χ0) is 7.40. The van der Waals surface area contributed by atoms with Crippen LogP contribution in [0.2, 0.25) is 0 Å². The summed E-state index contributed by atoms with van der Waals surface area (Å²) in [4.78, 5) is 7.70. The van der Waals surface area contributed by atoms with Crippen LogP contribution >= 0.6 is 11.3 Å². The molecule has 52 valence electrons. The van der Waals surface area contributed by atoms with Crippen molar-refractivity contribution in [2.45, 2.75) is 0 Å². The van der Waals surface area contributed by atoms with Gasteiger partial charge in [0.1, 0.15) is 0 Å². The fourth-order valence-corrected chi connectivity index (χ4v) is 1.40. The molecule has 0 N–H and O–H groups in total. The van der Waals surface area contributed by atoms with Gasteiger partial charge in [-0.1, -0.05) is 0 Å². The van der Waals surface area contributed by atoms with Crippen molar-refractivity contribution >= 4 is 30.0 Å². The summed E-state index contributed by atoms with van der Waals surface area (Å²) in [5.41, 5.74) is 1.96. The standard InChI is InChI=1S/C7H8N2S/c1-8-3-6-4-10-5-7(6)9-2/h3-5H,2H2,1H3/b8-3-. The highest BCUT2D eigenvalue weighted by atomic mass is 32.1. The van der Waals surface area contributed by atoms with Gasteiger partial charge in [0.15, 0.2) is 0 Å². The van der Waals surface area contributed by atoms with Crippen LogP contribution in [0.25, 0.3) is 0 Å². The largest absolute Gasteiger partial charge is 0.296 e. The maximum absolute atomic E-state index is 3.88. The Morgan fingerprint density at radius 3 is 3.00 bits per heavy atom. The van der Waals surface area contributed by atoms with Crippen molar-refractivity contribution in [3.05, 3.63) is 16.3 Å². The minimum Gasteiger partial charge on any atom is -0.296 e. The molecular weight excluding hydrogens is 144 g/mol. The molecule has 10 heavy (non-hydrogen) atoms. The Kier molecular flexibility index (Phi) is 2.34. The van der Waals surface area contributed by atoms with Crippen LogP contribution in [-0.2, 0) is 0 Å². The van der Waals surface area contributed by atoms with Gasteiger partial charge in [-0.05, 0) is 6.72 Å².